The van der Waals surface area contributed by atoms with E-state index in [1.54, 1.807) is 12.1 Å². The fraction of sp³-hybridized carbons (Fsp3) is 0.462. The summed E-state index contributed by atoms with van der Waals surface area (Å²) in [7, 11) is -2.15. The molecule has 0 spiro atoms. The normalized spacial score (nSPS) is 22.7. The number of sulfonamides is 1. The summed E-state index contributed by atoms with van der Waals surface area (Å²) in [6.07, 6.45) is 0.771. The molecule has 3 N–H and O–H groups in total. The Morgan fingerprint density at radius 1 is 1.40 bits per heavy atom. The third-order valence-electron chi connectivity index (χ3n) is 3.59. The van der Waals surface area contributed by atoms with Gasteiger partial charge >= 0.3 is 0 Å². The topological polar surface area (TPSA) is 87.3 Å². The lowest BCUT2D eigenvalue weighted by atomic mass is 9.89. The summed E-state index contributed by atoms with van der Waals surface area (Å²) in [6.45, 7) is 3.35. The summed E-state index contributed by atoms with van der Waals surface area (Å²) in [6, 6.07) is 6.23. The summed E-state index contributed by atoms with van der Waals surface area (Å²) in [5, 5.41) is 5.95. The SMILES string of the molecule is CNS(=O)(=O)c1cccc(NC(=O)C2(C)CCNC2)c1. The first-order valence-electron chi connectivity index (χ1n) is 6.43. The Morgan fingerprint density at radius 3 is 2.75 bits per heavy atom. The second-order valence-corrected chi connectivity index (χ2v) is 7.06. The highest BCUT2D eigenvalue weighted by Gasteiger charge is 2.36. The largest absolute Gasteiger partial charge is 0.326 e. The standard InChI is InChI=1S/C13H19N3O3S/c1-13(6-7-15-9-13)12(17)16-10-4-3-5-11(8-10)20(18,19)14-2/h3-5,8,14-15H,6-7,9H2,1-2H3,(H,16,17). The average molecular weight is 297 g/mol. The van der Waals surface area contributed by atoms with Crippen LogP contribution in [0.15, 0.2) is 29.2 Å². The molecule has 1 aromatic rings. The lowest BCUT2D eigenvalue weighted by Crippen LogP contribution is -2.35. The van der Waals surface area contributed by atoms with E-state index in [0.29, 0.717) is 12.2 Å². The molecular formula is C13H19N3O3S. The van der Waals surface area contributed by atoms with Gasteiger partial charge in [-0.3, -0.25) is 4.79 Å². The van der Waals surface area contributed by atoms with Crippen LogP contribution in [0.3, 0.4) is 0 Å². The van der Waals surface area contributed by atoms with Gasteiger partial charge in [-0.15, -0.1) is 0 Å². The van der Waals surface area contributed by atoms with Crippen molar-refractivity contribution in [3.8, 4) is 0 Å². The van der Waals surface area contributed by atoms with Crippen LogP contribution in [0.5, 0.6) is 0 Å². The minimum absolute atomic E-state index is 0.0958. The van der Waals surface area contributed by atoms with Gasteiger partial charge in [0.15, 0.2) is 0 Å². The second kappa shape index (κ2) is 5.51. The Balaban J connectivity index is 2.18. The number of nitrogens with one attached hydrogen (secondary N) is 3. The van der Waals surface area contributed by atoms with Gasteiger partial charge in [0, 0.05) is 12.2 Å². The molecule has 1 atom stereocenters. The molecule has 0 saturated carbocycles. The molecule has 0 radical (unpaired) electrons. The van der Waals surface area contributed by atoms with Crippen LogP contribution in [-0.4, -0.2) is 34.5 Å². The fourth-order valence-electron chi connectivity index (χ4n) is 2.15. The Bertz CT molecular complexity index is 607. The zero-order chi connectivity index (χ0) is 14.8. The van der Waals surface area contributed by atoms with Gasteiger partial charge in [-0.25, -0.2) is 13.1 Å². The second-order valence-electron chi connectivity index (χ2n) is 5.18. The number of amides is 1. The molecule has 7 heteroatoms. The molecule has 1 fully saturated rings. The quantitative estimate of drug-likeness (QED) is 0.756. The van der Waals surface area contributed by atoms with Gasteiger partial charge in [0.25, 0.3) is 0 Å². The molecule has 0 aliphatic carbocycles. The van der Waals surface area contributed by atoms with Gasteiger partial charge in [-0.05, 0) is 45.1 Å². The molecule has 1 saturated heterocycles. The van der Waals surface area contributed by atoms with E-state index in [1.165, 1.54) is 19.2 Å². The molecule has 2 rings (SSSR count). The van der Waals surface area contributed by atoms with Crippen molar-refractivity contribution in [1.29, 1.82) is 0 Å². The fourth-order valence-corrected chi connectivity index (χ4v) is 2.93. The highest BCUT2D eigenvalue weighted by molar-refractivity contribution is 7.89. The number of benzene rings is 1. The van der Waals surface area contributed by atoms with E-state index in [-0.39, 0.29) is 10.8 Å². The summed E-state index contributed by atoms with van der Waals surface area (Å²) in [5.74, 6) is -0.0958. The van der Waals surface area contributed by atoms with Crippen molar-refractivity contribution in [1.82, 2.24) is 10.0 Å². The van der Waals surface area contributed by atoms with Crippen molar-refractivity contribution in [2.45, 2.75) is 18.2 Å². The lowest BCUT2D eigenvalue weighted by molar-refractivity contribution is -0.123. The predicted octanol–water partition coefficient (Wildman–Crippen LogP) is 0.533. The molecule has 6 nitrogen and oxygen atoms in total. The van der Waals surface area contributed by atoms with Gasteiger partial charge in [0.05, 0.1) is 10.3 Å². The third-order valence-corrected chi connectivity index (χ3v) is 5.00. The predicted molar refractivity (Wildman–Crippen MR) is 76.9 cm³/mol. The van der Waals surface area contributed by atoms with Crippen LogP contribution in [0, 0.1) is 5.41 Å². The molecular weight excluding hydrogens is 278 g/mol. The van der Waals surface area contributed by atoms with Crippen LogP contribution in [0.2, 0.25) is 0 Å². The van der Waals surface area contributed by atoms with Gasteiger partial charge in [-0.1, -0.05) is 6.07 Å². The minimum Gasteiger partial charge on any atom is -0.326 e. The maximum atomic E-state index is 12.3. The minimum atomic E-state index is -3.50. The van der Waals surface area contributed by atoms with E-state index in [4.69, 9.17) is 0 Å². The van der Waals surface area contributed by atoms with E-state index >= 15 is 0 Å². The molecule has 1 aliphatic heterocycles. The summed E-state index contributed by atoms with van der Waals surface area (Å²) in [5.41, 5.74) is 0.0391. The molecule has 0 bridgehead atoms. The maximum absolute atomic E-state index is 12.3. The maximum Gasteiger partial charge on any atom is 0.240 e. The molecule has 1 aliphatic rings. The van der Waals surface area contributed by atoms with Crippen molar-refractivity contribution >= 4 is 21.6 Å². The summed E-state index contributed by atoms with van der Waals surface area (Å²) < 4.78 is 25.7. The highest BCUT2D eigenvalue weighted by atomic mass is 32.2. The van der Waals surface area contributed by atoms with Crippen molar-refractivity contribution in [3.63, 3.8) is 0 Å². The van der Waals surface area contributed by atoms with Gasteiger partial charge < -0.3 is 10.6 Å². The molecule has 20 heavy (non-hydrogen) atoms. The average Bonchev–Trinajstić information content (AvgIpc) is 2.87. The summed E-state index contributed by atoms with van der Waals surface area (Å²) >= 11 is 0. The van der Waals surface area contributed by atoms with Crippen LogP contribution < -0.4 is 15.4 Å². The van der Waals surface area contributed by atoms with Crippen molar-refractivity contribution < 1.29 is 13.2 Å². The zero-order valence-electron chi connectivity index (χ0n) is 11.6. The lowest BCUT2D eigenvalue weighted by Gasteiger charge is -2.21. The van der Waals surface area contributed by atoms with E-state index in [2.05, 4.69) is 15.4 Å². The van der Waals surface area contributed by atoms with Crippen LogP contribution in [0.4, 0.5) is 5.69 Å². The number of carbonyl (C=O) groups is 1. The van der Waals surface area contributed by atoms with Crippen molar-refractivity contribution in [3.05, 3.63) is 24.3 Å². The number of carbonyl (C=O) groups excluding carboxylic acids is 1. The molecule has 1 aromatic carbocycles. The van der Waals surface area contributed by atoms with E-state index in [0.717, 1.165) is 13.0 Å². The van der Waals surface area contributed by atoms with E-state index in [9.17, 15) is 13.2 Å². The molecule has 0 aromatic heterocycles. The first kappa shape index (κ1) is 15.0. The van der Waals surface area contributed by atoms with Crippen LogP contribution in [0.1, 0.15) is 13.3 Å². The third kappa shape index (κ3) is 3.00. The first-order chi connectivity index (χ1) is 9.37. The van der Waals surface area contributed by atoms with E-state index < -0.39 is 15.4 Å². The number of hydrogen-bond donors (Lipinski definition) is 3. The Morgan fingerprint density at radius 2 is 2.15 bits per heavy atom. The van der Waals surface area contributed by atoms with Crippen molar-refractivity contribution in [2.75, 3.05) is 25.5 Å². The first-order valence-corrected chi connectivity index (χ1v) is 7.91. The van der Waals surface area contributed by atoms with Crippen LogP contribution in [0.25, 0.3) is 0 Å². The molecule has 110 valence electrons. The van der Waals surface area contributed by atoms with E-state index in [1.807, 2.05) is 6.92 Å². The molecule has 1 heterocycles. The molecule has 1 amide bonds. The Hall–Kier alpha value is -1.44. The monoisotopic (exact) mass is 297 g/mol. The number of rotatable bonds is 4. The Kier molecular flexibility index (Phi) is 4.12. The van der Waals surface area contributed by atoms with Gasteiger partial charge in [0.2, 0.25) is 15.9 Å². The smallest absolute Gasteiger partial charge is 0.240 e. The number of hydrogen-bond acceptors (Lipinski definition) is 4. The van der Waals surface area contributed by atoms with Crippen LogP contribution in [-0.2, 0) is 14.8 Å². The highest BCUT2D eigenvalue weighted by Crippen LogP contribution is 2.26. The summed E-state index contributed by atoms with van der Waals surface area (Å²) in [4.78, 5) is 12.4. The number of anilines is 1. The van der Waals surface area contributed by atoms with Crippen molar-refractivity contribution in [2.24, 2.45) is 5.41 Å². The van der Waals surface area contributed by atoms with Crippen LogP contribution >= 0.6 is 0 Å². The zero-order valence-corrected chi connectivity index (χ0v) is 12.4. The Labute approximate surface area is 119 Å². The molecule has 1 unspecified atom stereocenters. The van der Waals surface area contributed by atoms with Gasteiger partial charge in [-0.2, -0.15) is 0 Å². The van der Waals surface area contributed by atoms with Gasteiger partial charge in [0.1, 0.15) is 0 Å².